The number of carbonyl (C=O) groups excluding carboxylic acids is 2. The summed E-state index contributed by atoms with van der Waals surface area (Å²) in [5, 5.41) is 2.73. The molecule has 0 heterocycles. The number of thioether (sulfide) groups is 1. The summed E-state index contributed by atoms with van der Waals surface area (Å²) in [4.78, 5) is 23.8. The highest BCUT2D eigenvalue weighted by atomic mass is 32.2. The summed E-state index contributed by atoms with van der Waals surface area (Å²) in [6.45, 7) is 0.195. The molecular weight excluding hydrogens is 366 g/mol. The van der Waals surface area contributed by atoms with Gasteiger partial charge in [-0.2, -0.15) is 11.8 Å². The molecule has 2 aromatic carbocycles. The summed E-state index contributed by atoms with van der Waals surface area (Å²) in [7, 11) is 2.99. The van der Waals surface area contributed by atoms with Crippen LogP contribution in [0.4, 0.5) is 0 Å². The van der Waals surface area contributed by atoms with Gasteiger partial charge in [-0.15, -0.1) is 0 Å². The van der Waals surface area contributed by atoms with Gasteiger partial charge in [0.1, 0.15) is 0 Å². The largest absolute Gasteiger partial charge is 0.493 e. The van der Waals surface area contributed by atoms with Crippen LogP contribution in [0.5, 0.6) is 11.5 Å². The molecule has 0 saturated carbocycles. The lowest BCUT2D eigenvalue weighted by molar-refractivity contribution is -0.124. The summed E-state index contributed by atoms with van der Waals surface area (Å²) in [5.41, 5.74) is 1.54. The molecule has 0 radical (unpaired) electrons. The zero-order chi connectivity index (χ0) is 19.5. The Labute approximate surface area is 163 Å². The first-order valence-electron chi connectivity index (χ1n) is 8.41. The fourth-order valence-electron chi connectivity index (χ4n) is 2.26. The van der Waals surface area contributed by atoms with Crippen molar-refractivity contribution in [3.63, 3.8) is 0 Å². The number of esters is 1. The van der Waals surface area contributed by atoms with Crippen LogP contribution >= 0.6 is 11.8 Å². The number of nitrogens with one attached hydrogen (secondary N) is 1. The molecule has 0 atom stereocenters. The zero-order valence-electron chi connectivity index (χ0n) is 15.4. The lowest BCUT2D eigenvalue weighted by atomic mass is 10.2. The van der Waals surface area contributed by atoms with Crippen LogP contribution in [0.3, 0.4) is 0 Å². The molecule has 27 heavy (non-hydrogen) atoms. The van der Waals surface area contributed by atoms with Gasteiger partial charge in [0, 0.05) is 18.1 Å². The van der Waals surface area contributed by atoms with E-state index in [1.807, 2.05) is 18.2 Å². The van der Waals surface area contributed by atoms with Gasteiger partial charge in [0.25, 0.3) is 5.91 Å². The lowest BCUT2D eigenvalue weighted by Gasteiger charge is -2.10. The first kappa shape index (κ1) is 20.6. The quantitative estimate of drug-likeness (QED) is 0.498. The molecule has 0 bridgehead atoms. The molecule has 6 nitrogen and oxygen atoms in total. The Morgan fingerprint density at radius 2 is 1.74 bits per heavy atom. The van der Waals surface area contributed by atoms with Gasteiger partial charge < -0.3 is 19.5 Å². The highest BCUT2D eigenvalue weighted by molar-refractivity contribution is 7.98. The summed E-state index contributed by atoms with van der Waals surface area (Å²) in [6.07, 6.45) is 0. The number of benzene rings is 2. The van der Waals surface area contributed by atoms with Gasteiger partial charge in [0.15, 0.2) is 18.1 Å². The molecule has 0 aromatic heterocycles. The number of ether oxygens (including phenoxy) is 3. The van der Waals surface area contributed by atoms with Crippen LogP contribution < -0.4 is 14.8 Å². The molecule has 0 spiro atoms. The molecule has 144 valence electrons. The molecule has 1 N–H and O–H groups in total. The summed E-state index contributed by atoms with van der Waals surface area (Å²) in [5.74, 6) is 1.69. The number of rotatable bonds is 10. The van der Waals surface area contributed by atoms with E-state index in [9.17, 15) is 9.59 Å². The van der Waals surface area contributed by atoms with Gasteiger partial charge in [-0.1, -0.05) is 30.3 Å². The third-order valence-electron chi connectivity index (χ3n) is 3.63. The topological polar surface area (TPSA) is 73.9 Å². The number of hydrogen-bond acceptors (Lipinski definition) is 6. The number of carbonyl (C=O) groups is 2. The molecule has 0 fully saturated rings. The van der Waals surface area contributed by atoms with Crippen molar-refractivity contribution in [1.29, 1.82) is 0 Å². The van der Waals surface area contributed by atoms with Crippen LogP contribution in [-0.2, 0) is 15.3 Å². The monoisotopic (exact) mass is 389 g/mol. The Bertz CT molecular complexity index is 751. The third-order valence-corrected chi connectivity index (χ3v) is 4.66. The molecule has 0 aliphatic heterocycles. The maximum Gasteiger partial charge on any atom is 0.338 e. The molecule has 0 saturated heterocycles. The summed E-state index contributed by atoms with van der Waals surface area (Å²) >= 11 is 1.73. The molecule has 0 aliphatic carbocycles. The lowest BCUT2D eigenvalue weighted by Crippen LogP contribution is -2.30. The van der Waals surface area contributed by atoms with Gasteiger partial charge in [-0.05, 0) is 23.8 Å². The normalized spacial score (nSPS) is 10.1. The molecule has 0 aliphatic rings. The standard InChI is InChI=1S/C20H23NO5S/c1-24-17-9-8-16(12-18(17)25-2)20(23)26-13-19(22)21-10-11-27-14-15-6-4-3-5-7-15/h3-9,12H,10-11,13-14H2,1-2H3,(H,21,22). The van der Waals surface area contributed by atoms with Crippen LogP contribution in [0, 0.1) is 0 Å². The Hall–Kier alpha value is -2.67. The van der Waals surface area contributed by atoms with E-state index in [0.29, 0.717) is 23.6 Å². The van der Waals surface area contributed by atoms with Crippen LogP contribution in [0.25, 0.3) is 0 Å². The first-order valence-corrected chi connectivity index (χ1v) is 9.57. The van der Waals surface area contributed by atoms with Crippen molar-refractivity contribution in [2.75, 3.05) is 33.1 Å². The van der Waals surface area contributed by atoms with Crippen molar-refractivity contribution in [3.8, 4) is 11.5 Å². The van der Waals surface area contributed by atoms with E-state index in [4.69, 9.17) is 14.2 Å². The van der Waals surface area contributed by atoms with Crippen molar-refractivity contribution >= 4 is 23.6 Å². The third kappa shape index (κ3) is 6.86. The smallest absolute Gasteiger partial charge is 0.338 e. The van der Waals surface area contributed by atoms with E-state index in [-0.39, 0.29) is 12.5 Å². The molecule has 2 rings (SSSR count). The predicted octanol–water partition coefficient (Wildman–Crippen LogP) is 2.91. The first-order chi connectivity index (χ1) is 13.1. The number of methoxy groups -OCH3 is 2. The zero-order valence-corrected chi connectivity index (χ0v) is 16.2. The molecule has 7 heteroatoms. The molecular formula is C20H23NO5S. The van der Waals surface area contributed by atoms with Crippen molar-refractivity contribution in [2.24, 2.45) is 0 Å². The van der Waals surface area contributed by atoms with Crippen LogP contribution in [0.2, 0.25) is 0 Å². The average Bonchev–Trinajstić information content (AvgIpc) is 2.71. The SMILES string of the molecule is COc1ccc(C(=O)OCC(=O)NCCSCc2ccccc2)cc1OC. The van der Waals surface area contributed by atoms with Gasteiger partial charge in [-0.3, -0.25) is 4.79 Å². The minimum atomic E-state index is -0.593. The minimum Gasteiger partial charge on any atom is -0.493 e. The maximum absolute atomic E-state index is 12.0. The van der Waals surface area contributed by atoms with E-state index in [2.05, 4.69) is 17.4 Å². The molecule has 1 amide bonds. The Balaban J connectivity index is 1.67. The van der Waals surface area contributed by atoms with Gasteiger partial charge in [-0.25, -0.2) is 4.79 Å². The predicted molar refractivity (Wildman–Crippen MR) is 105 cm³/mol. The Morgan fingerprint density at radius 1 is 1.00 bits per heavy atom. The summed E-state index contributed by atoms with van der Waals surface area (Å²) < 4.78 is 15.3. The van der Waals surface area contributed by atoms with E-state index in [1.54, 1.807) is 23.9 Å². The highest BCUT2D eigenvalue weighted by Crippen LogP contribution is 2.27. The van der Waals surface area contributed by atoms with Gasteiger partial charge >= 0.3 is 5.97 Å². The van der Waals surface area contributed by atoms with Gasteiger partial charge in [0.05, 0.1) is 19.8 Å². The molecule has 2 aromatic rings. The minimum absolute atomic E-state index is 0.291. The Kier molecular flexibility index (Phi) is 8.51. The van der Waals surface area contributed by atoms with Crippen molar-refractivity contribution < 1.29 is 23.8 Å². The van der Waals surface area contributed by atoms with E-state index < -0.39 is 5.97 Å². The van der Waals surface area contributed by atoms with Crippen molar-refractivity contribution in [1.82, 2.24) is 5.32 Å². The summed E-state index contributed by atoms with van der Waals surface area (Å²) in [6, 6.07) is 14.8. The van der Waals surface area contributed by atoms with Crippen LogP contribution in [0.1, 0.15) is 15.9 Å². The second-order valence-corrected chi connectivity index (χ2v) is 6.64. The highest BCUT2D eigenvalue weighted by Gasteiger charge is 2.13. The second-order valence-electron chi connectivity index (χ2n) is 5.53. The van der Waals surface area contributed by atoms with Crippen molar-refractivity contribution in [2.45, 2.75) is 5.75 Å². The fraction of sp³-hybridized carbons (Fsp3) is 0.300. The number of hydrogen-bond donors (Lipinski definition) is 1. The molecule has 0 unspecified atom stereocenters. The van der Waals surface area contributed by atoms with Crippen LogP contribution in [0.15, 0.2) is 48.5 Å². The van der Waals surface area contributed by atoms with Gasteiger partial charge in [0.2, 0.25) is 0 Å². The van der Waals surface area contributed by atoms with Crippen molar-refractivity contribution in [3.05, 3.63) is 59.7 Å². The van der Waals surface area contributed by atoms with E-state index in [1.165, 1.54) is 25.8 Å². The average molecular weight is 389 g/mol. The van der Waals surface area contributed by atoms with E-state index >= 15 is 0 Å². The van der Waals surface area contributed by atoms with Crippen LogP contribution in [-0.4, -0.2) is 45.0 Å². The fourth-order valence-corrected chi connectivity index (χ4v) is 3.07. The maximum atomic E-state index is 12.0. The Morgan fingerprint density at radius 3 is 2.44 bits per heavy atom. The number of amides is 1. The van der Waals surface area contributed by atoms with E-state index in [0.717, 1.165) is 11.5 Å². The second kappa shape index (κ2) is 11.1.